The molecule has 1 saturated heterocycles. The summed E-state index contributed by atoms with van der Waals surface area (Å²) < 4.78 is 0. The molecule has 1 fully saturated rings. The van der Waals surface area contributed by atoms with E-state index in [1.165, 1.54) is 6.20 Å². The number of pyridine rings is 1. The molecule has 86 valence electrons. The largest absolute Gasteiger partial charge is 0.396 e. The number of rotatable bonds is 2. The number of aliphatic hydroxyl groups is 1. The molecule has 1 aliphatic heterocycles. The summed E-state index contributed by atoms with van der Waals surface area (Å²) in [5.74, 6) is 0.168. The van der Waals surface area contributed by atoms with Gasteiger partial charge in [-0.05, 0) is 18.6 Å². The molecule has 1 N–H and O–H groups in total. The molecule has 2 rings (SSSR count). The molecule has 5 heteroatoms. The number of carbonyl (C=O) groups excluding carboxylic acids is 1. The molecule has 1 aromatic heterocycles. The zero-order valence-corrected chi connectivity index (χ0v) is 9.52. The van der Waals surface area contributed by atoms with Gasteiger partial charge in [0.05, 0.1) is 0 Å². The van der Waals surface area contributed by atoms with Crippen LogP contribution >= 0.6 is 11.6 Å². The van der Waals surface area contributed by atoms with Crippen LogP contribution in [0.4, 0.5) is 0 Å². The Morgan fingerprint density at radius 2 is 2.50 bits per heavy atom. The highest BCUT2D eigenvalue weighted by Crippen LogP contribution is 2.18. The maximum absolute atomic E-state index is 12.0. The zero-order valence-electron chi connectivity index (χ0n) is 8.77. The van der Waals surface area contributed by atoms with E-state index in [1.54, 1.807) is 17.0 Å². The summed E-state index contributed by atoms with van der Waals surface area (Å²) in [5.41, 5.74) is 0.554. The van der Waals surface area contributed by atoms with Gasteiger partial charge in [0.1, 0.15) is 5.15 Å². The van der Waals surface area contributed by atoms with Gasteiger partial charge in [-0.1, -0.05) is 11.6 Å². The van der Waals surface area contributed by atoms with E-state index in [2.05, 4.69) is 4.98 Å². The number of hydrogen-bond donors (Lipinski definition) is 1. The first-order valence-electron chi connectivity index (χ1n) is 5.22. The average molecular weight is 241 g/mol. The standard InChI is InChI=1S/C11H13ClN2O2/c12-10-5-9(1-3-13-10)11(16)14-4-2-8(6-14)7-15/h1,3,5,8,15H,2,4,6-7H2/t8-/m1/s1. The molecule has 0 aromatic carbocycles. The summed E-state index contributed by atoms with van der Waals surface area (Å²) in [7, 11) is 0. The Morgan fingerprint density at radius 1 is 1.69 bits per heavy atom. The minimum absolute atomic E-state index is 0.0414. The lowest BCUT2D eigenvalue weighted by molar-refractivity contribution is 0.0781. The average Bonchev–Trinajstić information content (AvgIpc) is 2.76. The summed E-state index contributed by atoms with van der Waals surface area (Å²) in [6, 6.07) is 3.22. The van der Waals surface area contributed by atoms with E-state index in [0.717, 1.165) is 6.42 Å². The highest BCUT2D eigenvalue weighted by atomic mass is 35.5. The number of amides is 1. The summed E-state index contributed by atoms with van der Waals surface area (Å²) >= 11 is 5.73. The second-order valence-electron chi connectivity index (χ2n) is 3.96. The van der Waals surface area contributed by atoms with Crippen molar-refractivity contribution in [2.45, 2.75) is 6.42 Å². The summed E-state index contributed by atoms with van der Waals surface area (Å²) in [6.07, 6.45) is 2.39. The monoisotopic (exact) mass is 240 g/mol. The Hall–Kier alpha value is -1.13. The van der Waals surface area contributed by atoms with Gasteiger partial charge in [-0.3, -0.25) is 4.79 Å². The smallest absolute Gasteiger partial charge is 0.254 e. The van der Waals surface area contributed by atoms with Gasteiger partial charge in [-0.2, -0.15) is 0 Å². The molecule has 1 aliphatic rings. The highest BCUT2D eigenvalue weighted by molar-refractivity contribution is 6.29. The number of aromatic nitrogens is 1. The Labute approximate surface area is 98.9 Å². The van der Waals surface area contributed by atoms with Crippen LogP contribution in [0.2, 0.25) is 5.15 Å². The molecule has 0 aliphatic carbocycles. The van der Waals surface area contributed by atoms with Crippen molar-refractivity contribution in [1.29, 1.82) is 0 Å². The quantitative estimate of drug-likeness (QED) is 0.790. The van der Waals surface area contributed by atoms with Gasteiger partial charge in [0, 0.05) is 37.4 Å². The van der Waals surface area contributed by atoms with Crippen LogP contribution in [0.25, 0.3) is 0 Å². The fourth-order valence-electron chi connectivity index (χ4n) is 1.88. The first-order valence-corrected chi connectivity index (χ1v) is 5.60. The predicted octanol–water partition coefficient (Wildman–Crippen LogP) is 1.19. The lowest BCUT2D eigenvalue weighted by Gasteiger charge is -2.16. The van der Waals surface area contributed by atoms with Crippen molar-refractivity contribution in [1.82, 2.24) is 9.88 Å². The Morgan fingerprint density at radius 3 is 3.12 bits per heavy atom. The van der Waals surface area contributed by atoms with Crippen LogP contribution in [0.3, 0.4) is 0 Å². The van der Waals surface area contributed by atoms with E-state index in [9.17, 15) is 4.79 Å². The van der Waals surface area contributed by atoms with E-state index >= 15 is 0 Å². The van der Waals surface area contributed by atoms with Gasteiger partial charge in [0.15, 0.2) is 0 Å². The maximum atomic E-state index is 12.0. The minimum Gasteiger partial charge on any atom is -0.396 e. The SMILES string of the molecule is O=C(c1ccnc(Cl)c1)N1CC[C@@H](CO)C1. The molecule has 0 unspecified atom stereocenters. The van der Waals surface area contributed by atoms with Crippen molar-refractivity contribution in [2.75, 3.05) is 19.7 Å². The second kappa shape index (κ2) is 4.80. The van der Waals surface area contributed by atoms with Crippen LogP contribution in [0, 0.1) is 5.92 Å². The van der Waals surface area contributed by atoms with Gasteiger partial charge in [0.25, 0.3) is 5.91 Å². The molecule has 1 aromatic rings. The molecule has 1 atom stereocenters. The number of aliphatic hydroxyl groups excluding tert-OH is 1. The third-order valence-corrected chi connectivity index (χ3v) is 3.01. The second-order valence-corrected chi connectivity index (χ2v) is 4.34. The third-order valence-electron chi connectivity index (χ3n) is 2.80. The van der Waals surface area contributed by atoms with Gasteiger partial charge >= 0.3 is 0 Å². The molecule has 0 spiro atoms. The van der Waals surface area contributed by atoms with Crippen molar-refractivity contribution >= 4 is 17.5 Å². The van der Waals surface area contributed by atoms with Crippen molar-refractivity contribution in [3.05, 3.63) is 29.0 Å². The lowest BCUT2D eigenvalue weighted by atomic mass is 10.1. The third kappa shape index (κ3) is 2.33. The highest BCUT2D eigenvalue weighted by Gasteiger charge is 2.26. The van der Waals surface area contributed by atoms with E-state index in [0.29, 0.717) is 23.8 Å². The van der Waals surface area contributed by atoms with Crippen LogP contribution in [0.15, 0.2) is 18.3 Å². The molecular formula is C11H13ClN2O2. The topological polar surface area (TPSA) is 53.4 Å². The van der Waals surface area contributed by atoms with Crippen molar-refractivity contribution < 1.29 is 9.90 Å². The van der Waals surface area contributed by atoms with Gasteiger partial charge < -0.3 is 10.0 Å². The normalized spacial score (nSPS) is 20.1. The van der Waals surface area contributed by atoms with Gasteiger partial charge in [-0.25, -0.2) is 4.98 Å². The molecular weight excluding hydrogens is 228 g/mol. The molecule has 16 heavy (non-hydrogen) atoms. The van der Waals surface area contributed by atoms with Crippen LogP contribution in [0.5, 0.6) is 0 Å². The molecule has 0 saturated carbocycles. The summed E-state index contributed by atoms with van der Waals surface area (Å²) in [6.45, 7) is 1.46. The van der Waals surface area contributed by atoms with E-state index in [1.807, 2.05) is 0 Å². The maximum Gasteiger partial charge on any atom is 0.254 e. The van der Waals surface area contributed by atoms with Crippen molar-refractivity contribution in [2.24, 2.45) is 5.92 Å². The van der Waals surface area contributed by atoms with E-state index < -0.39 is 0 Å². The Bertz CT molecular complexity index is 397. The van der Waals surface area contributed by atoms with Crippen LogP contribution < -0.4 is 0 Å². The summed E-state index contributed by atoms with van der Waals surface area (Å²) in [5, 5.41) is 9.33. The number of carbonyl (C=O) groups is 1. The Balaban J connectivity index is 2.08. The van der Waals surface area contributed by atoms with E-state index in [4.69, 9.17) is 16.7 Å². The molecule has 0 radical (unpaired) electrons. The fraction of sp³-hybridized carbons (Fsp3) is 0.455. The number of nitrogens with zero attached hydrogens (tertiary/aromatic N) is 2. The minimum atomic E-state index is -0.0414. The first-order chi connectivity index (χ1) is 7.70. The van der Waals surface area contributed by atoms with Crippen molar-refractivity contribution in [3.63, 3.8) is 0 Å². The summed E-state index contributed by atoms with van der Waals surface area (Å²) in [4.78, 5) is 17.6. The number of hydrogen-bond acceptors (Lipinski definition) is 3. The van der Waals surface area contributed by atoms with E-state index in [-0.39, 0.29) is 18.4 Å². The lowest BCUT2D eigenvalue weighted by Crippen LogP contribution is -2.29. The molecule has 1 amide bonds. The number of halogens is 1. The fourth-order valence-corrected chi connectivity index (χ4v) is 2.06. The zero-order chi connectivity index (χ0) is 11.5. The van der Waals surface area contributed by atoms with Gasteiger partial charge in [-0.15, -0.1) is 0 Å². The Kier molecular flexibility index (Phi) is 3.41. The molecule has 2 heterocycles. The van der Waals surface area contributed by atoms with Crippen LogP contribution in [-0.4, -0.2) is 40.6 Å². The van der Waals surface area contributed by atoms with Crippen LogP contribution in [0.1, 0.15) is 16.8 Å². The predicted molar refractivity (Wildman–Crippen MR) is 60.3 cm³/mol. The van der Waals surface area contributed by atoms with Gasteiger partial charge in [0.2, 0.25) is 0 Å². The van der Waals surface area contributed by atoms with Crippen molar-refractivity contribution in [3.8, 4) is 0 Å². The molecule has 0 bridgehead atoms. The molecule has 4 nitrogen and oxygen atoms in total. The number of likely N-dealkylation sites (tertiary alicyclic amines) is 1. The van der Waals surface area contributed by atoms with Crippen LogP contribution in [-0.2, 0) is 0 Å². The first kappa shape index (κ1) is 11.4.